The van der Waals surface area contributed by atoms with Crippen LogP contribution in [0.15, 0.2) is 60.3 Å². The number of methoxy groups -OCH3 is 1. The molecule has 1 aliphatic heterocycles. The van der Waals surface area contributed by atoms with Gasteiger partial charge in [0, 0.05) is 6.54 Å². The van der Waals surface area contributed by atoms with Crippen molar-refractivity contribution < 1.29 is 31.6 Å². The van der Waals surface area contributed by atoms with Crippen LogP contribution in [0.4, 0.5) is 0 Å². The highest BCUT2D eigenvalue weighted by Gasteiger charge is 2.29. The van der Waals surface area contributed by atoms with Crippen molar-refractivity contribution in [3.8, 4) is 17.1 Å². The minimum atomic E-state index is -3.75. The third-order valence-corrected chi connectivity index (χ3v) is 8.48. The molecule has 3 aromatic rings. The molecule has 1 N–H and O–H groups in total. The highest BCUT2D eigenvalue weighted by atomic mass is 32.2. The molecule has 1 aromatic carbocycles. The van der Waals surface area contributed by atoms with Gasteiger partial charge in [-0.15, -0.1) is 5.10 Å². The molecular formula is C29H34N6O7S. The van der Waals surface area contributed by atoms with Gasteiger partial charge in [-0.25, -0.2) is 14.6 Å². The summed E-state index contributed by atoms with van der Waals surface area (Å²) in [5.74, 6) is 0.785. The molecule has 1 aliphatic carbocycles. The molecule has 0 radical (unpaired) electrons. The zero-order chi connectivity index (χ0) is 30.4. The third-order valence-electron chi connectivity index (χ3n) is 6.92. The maximum absolute atomic E-state index is 12.8. The zero-order valence-corrected chi connectivity index (χ0v) is 25.0. The monoisotopic (exact) mass is 610 g/mol. The molecule has 1 amide bonds. The second kappa shape index (κ2) is 13.5. The molecule has 2 aromatic heterocycles. The lowest BCUT2D eigenvalue weighted by Crippen LogP contribution is -2.41. The summed E-state index contributed by atoms with van der Waals surface area (Å²) in [4.78, 5) is 21.5. The molecule has 14 heteroatoms. The summed E-state index contributed by atoms with van der Waals surface area (Å²) in [5, 5.41) is 10.6. The largest absolute Gasteiger partial charge is 0.497 e. The van der Waals surface area contributed by atoms with Crippen LogP contribution in [0.1, 0.15) is 35.2 Å². The first-order valence-electron chi connectivity index (χ1n) is 13.8. The summed E-state index contributed by atoms with van der Waals surface area (Å²) in [6, 6.07) is 9.01. The average molecular weight is 611 g/mol. The second-order valence-corrected chi connectivity index (χ2v) is 12.1. The van der Waals surface area contributed by atoms with Gasteiger partial charge in [-0.05, 0) is 44.0 Å². The Bertz CT molecular complexity index is 1610. The number of rotatable bonds is 11. The Morgan fingerprint density at radius 1 is 1.12 bits per heavy atom. The van der Waals surface area contributed by atoms with E-state index < -0.39 is 21.5 Å². The van der Waals surface area contributed by atoms with Crippen LogP contribution in [0, 0.1) is 6.92 Å². The van der Waals surface area contributed by atoms with Gasteiger partial charge in [0.1, 0.15) is 40.4 Å². The van der Waals surface area contributed by atoms with Crippen molar-refractivity contribution in [2.24, 2.45) is 0 Å². The number of carbonyl (C=O) groups is 1. The van der Waals surface area contributed by atoms with Crippen LogP contribution in [0.5, 0.6) is 5.75 Å². The van der Waals surface area contributed by atoms with Crippen LogP contribution in [0.2, 0.25) is 0 Å². The maximum Gasteiger partial charge on any atom is 0.274 e. The van der Waals surface area contributed by atoms with E-state index >= 15 is 0 Å². The molecule has 13 nitrogen and oxygen atoms in total. The number of hydrogen-bond donors (Lipinski definition) is 1. The summed E-state index contributed by atoms with van der Waals surface area (Å²) in [5.41, 5.74) is 3.07. The molecule has 228 valence electrons. The van der Waals surface area contributed by atoms with Gasteiger partial charge in [0.25, 0.3) is 16.0 Å². The number of nitrogens with one attached hydrogen (secondary N) is 1. The summed E-state index contributed by atoms with van der Waals surface area (Å²) in [6.07, 6.45) is 6.58. The average Bonchev–Trinajstić information content (AvgIpc) is 3.48. The lowest BCUT2D eigenvalue weighted by molar-refractivity contribution is -0.146. The van der Waals surface area contributed by atoms with Gasteiger partial charge in [0.2, 0.25) is 0 Å². The number of benzene rings is 1. The highest BCUT2D eigenvalue weighted by Crippen LogP contribution is 2.20. The number of nitrogens with zero attached hydrogens (tertiary/aromatic N) is 5. The molecule has 0 spiro atoms. The topological polar surface area (TPSA) is 157 Å². The Morgan fingerprint density at radius 2 is 1.93 bits per heavy atom. The fraction of sp³-hybridized carbons (Fsp3) is 0.414. The van der Waals surface area contributed by atoms with Crippen LogP contribution < -0.4 is 10.1 Å². The van der Waals surface area contributed by atoms with E-state index in [0.717, 1.165) is 11.1 Å². The Balaban J connectivity index is 1.12. The molecule has 0 saturated carbocycles. The van der Waals surface area contributed by atoms with Gasteiger partial charge in [-0.1, -0.05) is 41.1 Å². The summed E-state index contributed by atoms with van der Waals surface area (Å²) < 4.78 is 48.8. The predicted octanol–water partition coefficient (Wildman–Crippen LogP) is 2.39. The predicted molar refractivity (Wildman–Crippen MR) is 156 cm³/mol. The summed E-state index contributed by atoms with van der Waals surface area (Å²) >= 11 is 0. The number of aryl methyl sites for hydroxylation is 1. The van der Waals surface area contributed by atoms with E-state index in [9.17, 15) is 13.2 Å². The summed E-state index contributed by atoms with van der Waals surface area (Å²) in [6.45, 7) is 4.60. The normalized spacial score (nSPS) is 20.4. The van der Waals surface area contributed by atoms with Crippen molar-refractivity contribution >= 4 is 16.0 Å². The van der Waals surface area contributed by atoms with Crippen molar-refractivity contribution in [1.82, 2.24) is 30.3 Å². The van der Waals surface area contributed by atoms with Crippen molar-refractivity contribution in [3.63, 3.8) is 0 Å². The zero-order valence-electron chi connectivity index (χ0n) is 24.2. The number of allylic oxidation sites excluding steroid dienone is 3. The van der Waals surface area contributed by atoms with Gasteiger partial charge in [0.15, 0.2) is 0 Å². The summed E-state index contributed by atoms with van der Waals surface area (Å²) in [7, 11) is -2.16. The minimum absolute atomic E-state index is 0.113. The second-order valence-electron chi connectivity index (χ2n) is 10.3. The van der Waals surface area contributed by atoms with Crippen molar-refractivity contribution in [2.45, 2.75) is 50.8 Å². The van der Waals surface area contributed by atoms with Gasteiger partial charge in [-0.3, -0.25) is 8.98 Å². The van der Waals surface area contributed by atoms with Crippen LogP contribution in [-0.4, -0.2) is 83.7 Å². The number of ether oxygens (including phenoxy) is 3. The van der Waals surface area contributed by atoms with Gasteiger partial charge in [-0.2, -0.15) is 8.42 Å². The Morgan fingerprint density at radius 3 is 2.67 bits per heavy atom. The van der Waals surface area contributed by atoms with E-state index in [4.69, 9.17) is 18.4 Å². The SMILES string of the molecule is COc1cccc(CNC(=O)c2cc(-c3cn(C[C@H]4COC(COS(=O)(=O)C5C=CC(C)=CC5)CO4)nn3)nc(C)n2)c1. The first-order valence-corrected chi connectivity index (χ1v) is 15.3. The van der Waals surface area contributed by atoms with Crippen LogP contribution in [-0.2, 0) is 36.9 Å². The standard InChI is InChI=1S/C29H34N6O7S/c1-19-7-9-25(10-8-19)43(37,38)42-18-24-17-40-23(16-41-24)14-35-15-28(33-34-35)26-12-27(32-20(2)31-26)29(36)30-13-21-5-4-6-22(11-21)39-3/h4-9,11-12,15,23-25H,10,13-14,16-18H2,1-3H3,(H,30,36)/t23-,24?,25?/m0/s1. The molecular weight excluding hydrogens is 576 g/mol. The smallest absolute Gasteiger partial charge is 0.274 e. The molecule has 3 atom stereocenters. The highest BCUT2D eigenvalue weighted by molar-refractivity contribution is 7.87. The number of aromatic nitrogens is 5. The van der Waals surface area contributed by atoms with Crippen LogP contribution in [0.25, 0.3) is 11.4 Å². The van der Waals surface area contributed by atoms with E-state index in [1.165, 1.54) is 0 Å². The fourth-order valence-corrected chi connectivity index (χ4v) is 5.67. The number of carbonyl (C=O) groups excluding carboxylic acids is 1. The molecule has 43 heavy (non-hydrogen) atoms. The van der Waals surface area contributed by atoms with Crippen molar-refractivity contribution in [2.75, 3.05) is 26.9 Å². The molecule has 1 saturated heterocycles. The molecule has 1 fully saturated rings. The quantitative estimate of drug-likeness (QED) is 0.318. The Kier molecular flexibility index (Phi) is 9.60. The Labute approximate surface area is 250 Å². The third kappa shape index (κ3) is 8.10. The van der Waals surface area contributed by atoms with Crippen LogP contribution in [0.3, 0.4) is 0 Å². The number of hydrogen-bond acceptors (Lipinski definition) is 11. The van der Waals surface area contributed by atoms with E-state index in [2.05, 4.69) is 25.6 Å². The first-order chi connectivity index (χ1) is 20.7. The fourth-order valence-electron chi connectivity index (χ4n) is 4.55. The lowest BCUT2D eigenvalue weighted by Gasteiger charge is -2.29. The Hall–Kier alpha value is -3.98. The molecule has 5 rings (SSSR count). The van der Waals surface area contributed by atoms with Gasteiger partial charge < -0.3 is 19.5 Å². The van der Waals surface area contributed by atoms with Crippen molar-refractivity contribution in [3.05, 3.63) is 77.4 Å². The maximum atomic E-state index is 12.8. The molecule has 0 bridgehead atoms. The molecule has 3 heterocycles. The van der Waals surface area contributed by atoms with E-state index in [-0.39, 0.29) is 37.5 Å². The lowest BCUT2D eigenvalue weighted by atomic mass is 10.1. The van der Waals surface area contributed by atoms with E-state index in [0.29, 0.717) is 42.5 Å². The van der Waals surface area contributed by atoms with Gasteiger partial charge >= 0.3 is 0 Å². The molecule has 2 aliphatic rings. The van der Waals surface area contributed by atoms with Crippen LogP contribution >= 0.6 is 0 Å². The van der Waals surface area contributed by atoms with E-state index in [1.54, 1.807) is 43.1 Å². The van der Waals surface area contributed by atoms with Crippen molar-refractivity contribution in [1.29, 1.82) is 0 Å². The minimum Gasteiger partial charge on any atom is -0.497 e. The first kappa shape index (κ1) is 30.5. The molecule has 2 unspecified atom stereocenters. The van der Waals surface area contributed by atoms with Gasteiger partial charge in [0.05, 0.1) is 45.4 Å². The van der Waals surface area contributed by atoms with E-state index in [1.807, 2.05) is 37.3 Å². The number of amides is 1.